The van der Waals surface area contributed by atoms with E-state index in [0.29, 0.717) is 11.1 Å². The van der Waals surface area contributed by atoms with Gasteiger partial charge in [0.2, 0.25) is 0 Å². The minimum absolute atomic E-state index is 0.141. The van der Waals surface area contributed by atoms with Gasteiger partial charge in [0.1, 0.15) is 0 Å². The third-order valence-corrected chi connectivity index (χ3v) is 5.27. The number of nitrogens with zero attached hydrogens (tertiary/aromatic N) is 1. The Bertz CT molecular complexity index is 1160. The Labute approximate surface area is 183 Å². The van der Waals surface area contributed by atoms with E-state index in [2.05, 4.69) is 28.3 Å². The Balaban J connectivity index is 1.96. The highest BCUT2D eigenvalue weighted by Gasteiger charge is 2.16. The molecule has 0 saturated heterocycles. The van der Waals surface area contributed by atoms with Crippen LogP contribution in [0.5, 0.6) is 0 Å². The molecule has 1 amide bonds. The molecule has 2 heterocycles. The van der Waals surface area contributed by atoms with Gasteiger partial charge in [-0.05, 0) is 67.6 Å². The molecule has 5 heteroatoms. The first-order valence-corrected chi connectivity index (χ1v) is 10.6. The van der Waals surface area contributed by atoms with Crippen LogP contribution in [0, 0.1) is 13.8 Å². The number of carbonyl (C=O) groups is 1. The third kappa shape index (κ3) is 5.18. The highest BCUT2D eigenvalue weighted by atomic mass is 16.1. The molecule has 160 valence electrons. The lowest BCUT2D eigenvalue weighted by molar-refractivity contribution is 0.0950. The minimum Gasteiger partial charge on any atom is -0.348 e. The molecule has 0 spiro atoms. The van der Waals surface area contributed by atoms with E-state index in [-0.39, 0.29) is 18.0 Å². The molecule has 0 radical (unpaired) electrons. The number of hydrogen-bond donors (Lipinski definition) is 2. The summed E-state index contributed by atoms with van der Waals surface area (Å²) in [6, 6.07) is 9.80. The summed E-state index contributed by atoms with van der Waals surface area (Å²) in [5.41, 5.74) is 6.64. The molecule has 0 aliphatic carbocycles. The maximum absolute atomic E-state index is 13.2. The van der Waals surface area contributed by atoms with Crippen LogP contribution >= 0.6 is 0 Å². The van der Waals surface area contributed by atoms with Crippen LogP contribution in [-0.2, 0) is 13.0 Å². The second-order valence-electron chi connectivity index (χ2n) is 7.71. The van der Waals surface area contributed by atoms with E-state index in [1.807, 2.05) is 57.2 Å². The van der Waals surface area contributed by atoms with E-state index in [1.54, 1.807) is 12.4 Å². The Morgan fingerprint density at radius 3 is 2.68 bits per heavy atom. The van der Waals surface area contributed by atoms with E-state index < -0.39 is 0 Å². The standard InChI is InChI=1S/C26H29N3O2/c1-5-8-19-13-18(4)29-26(31)24(19)16-28-25(30)23-14-21(20-10-7-11-27-15-20)12-17(3)22(23)9-6-2/h6-7,9-15H,5,8,16H2,1-4H3,(H,28,30)(H,29,31)/b9-6-. The molecule has 3 aromatic rings. The number of H-pyrrole nitrogens is 1. The van der Waals surface area contributed by atoms with Crippen LogP contribution < -0.4 is 10.9 Å². The van der Waals surface area contributed by atoms with Gasteiger partial charge in [-0.2, -0.15) is 0 Å². The van der Waals surface area contributed by atoms with Crippen molar-refractivity contribution in [2.45, 2.75) is 47.1 Å². The van der Waals surface area contributed by atoms with Crippen LogP contribution in [0.15, 0.2) is 53.6 Å². The average Bonchev–Trinajstić information content (AvgIpc) is 2.75. The predicted molar refractivity (Wildman–Crippen MR) is 126 cm³/mol. The molecule has 0 aliphatic rings. The van der Waals surface area contributed by atoms with Crippen molar-refractivity contribution in [2.75, 3.05) is 0 Å². The van der Waals surface area contributed by atoms with E-state index in [4.69, 9.17) is 0 Å². The quantitative estimate of drug-likeness (QED) is 0.572. The Kier molecular flexibility index (Phi) is 7.19. The summed E-state index contributed by atoms with van der Waals surface area (Å²) in [6.45, 7) is 8.07. The van der Waals surface area contributed by atoms with Gasteiger partial charge in [0.05, 0.1) is 0 Å². The monoisotopic (exact) mass is 415 g/mol. The van der Waals surface area contributed by atoms with Crippen LogP contribution in [0.4, 0.5) is 0 Å². The number of carbonyl (C=O) groups excluding carboxylic acids is 1. The van der Waals surface area contributed by atoms with Gasteiger partial charge in [-0.1, -0.05) is 37.6 Å². The van der Waals surface area contributed by atoms with E-state index in [0.717, 1.165) is 46.4 Å². The van der Waals surface area contributed by atoms with Crippen LogP contribution in [0.25, 0.3) is 17.2 Å². The summed E-state index contributed by atoms with van der Waals surface area (Å²) in [4.78, 5) is 32.8. The van der Waals surface area contributed by atoms with E-state index in [9.17, 15) is 9.59 Å². The van der Waals surface area contributed by atoms with Gasteiger partial charge in [-0.3, -0.25) is 14.6 Å². The topological polar surface area (TPSA) is 74.8 Å². The maximum Gasteiger partial charge on any atom is 0.253 e. The van der Waals surface area contributed by atoms with E-state index >= 15 is 0 Å². The minimum atomic E-state index is -0.204. The molecule has 0 saturated carbocycles. The van der Waals surface area contributed by atoms with Crippen molar-refractivity contribution >= 4 is 12.0 Å². The SMILES string of the molecule is C/C=C\c1c(C)cc(-c2cccnc2)cc1C(=O)NCc1c(CCC)cc(C)[nH]c1=O. The van der Waals surface area contributed by atoms with Crippen molar-refractivity contribution in [3.63, 3.8) is 0 Å². The van der Waals surface area contributed by atoms with Crippen LogP contribution in [-0.4, -0.2) is 15.9 Å². The van der Waals surface area contributed by atoms with Crippen molar-refractivity contribution in [1.82, 2.24) is 15.3 Å². The zero-order chi connectivity index (χ0) is 22.4. The number of aromatic nitrogens is 2. The number of nitrogens with one attached hydrogen (secondary N) is 2. The molecule has 3 rings (SSSR count). The van der Waals surface area contributed by atoms with Crippen LogP contribution in [0.2, 0.25) is 0 Å². The molecular weight excluding hydrogens is 386 g/mol. The predicted octanol–water partition coefficient (Wildman–Crippen LogP) is 4.97. The number of amides is 1. The highest BCUT2D eigenvalue weighted by Crippen LogP contribution is 2.26. The molecular formula is C26H29N3O2. The number of hydrogen-bond acceptors (Lipinski definition) is 3. The highest BCUT2D eigenvalue weighted by molar-refractivity contribution is 5.99. The largest absolute Gasteiger partial charge is 0.348 e. The second-order valence-corrected chi connectivity index (χ2v) is 7.71. The number of pyridine rings is 2. The Morgan fingerprint density at radius 2 is 2.00 bits per heavy atom. The summed E-state index contributed by atoms with van der Waals surface area (Å²) in [6.07, 6.45) is 9.11. The van der Waals surface area contributed by atoms with Crippen molar-refractivity contribution in [2.24, 2.45) is 0 Å². The zero-order valence-electron chi connectivity index (χ0n) is 18.6. The first kappa shape index (κ1) is 22.2. The number of aryl methyl sites for hydroxylation is 3. The molecule has 2 aromatic heterocycles. The number of rotatable bonds is 7. The molecule has 0 fully saturated rings. The van der Waals surface area contributed by atoms with Gasteiger partial charge in [-0.15, -0.1) is 0 Å². The van der Waals surface area contributed by atoms with Gasteiger partial charge < -0.3 is 10.3 Å². The van der Waals surface area contributed by atoms with Gasteiger partial charge in [0.25, 0.3) is 11.5 Å². The van der Waals surface area contributed by atoms with Crippen molar-refractivity contribution in [3.05, 3.63) is 92.7 Å². The number of aromatic amines is 1. The smallest absolute Gasteiger partial charge is 0.253 e. The maximum atomic E-state index is 13.2. The molecule has 0 atom stereocenters. The van der Waals surface area contributed by atoms with Gasteiger partial charge in [0.15, 0.2) is 0 Å². The van der Waals surface area contributed by atoms with Crippen molar-refractivity contribution < 1.29 is 4.79 Å². The normalized spacial score (nSPS) is 11.1. The molecule has 0 aliphatic heterocycles. The van der Waals surface area contributed by atoms with Crippen molar-refractivity contribution in [3.8, 4) is 11.1 Å². The average molecular weight is 416 g/mol. The summed E-state index contributed by atoms with van der Waals surface area (Å²) < 4.78 is 0. The van der Waals surface area contributed by atoms with E-state index in [1.165, 1.54) is 0 Å². The summed E-state index contributed by atoms with van der Waals surface area (Å²) in [7, 11) is 0. The van der Waals surface area contributed by atoms with Crippen molar-refractivity contribution in [1.29, 1.82) is 0 Å². The first-order valence-electron chi connectivity index (χ1n) is 10.6. The second kappa shape index (κ2) is 10.0. The lowest BCUT2D eigenvalue weighted by Crippen LogP contribution is -2.29. The lowest BCUT2D eigenvalue weighted by Gasteiger charge is -2.14. The molecule has 0 bridgehead atoms. The fourth-order valence-electron chi connectivity index (χ4n) is 3.81. The molecule has 0 unspecified atom stereocenters. The summed E-state index contributed by atoms with van der Waals surface area (Å²) in [5.74, 6) is -0.204. The number of allylic oxidation sites excluding steroid dienone is 1. The Morgan fingerprint density at radius 1 is 1.19 bits per heavy atom. The zero-order valence-corrected chi connectivity index (χ0v) is 18.6. The van der Waals surface area contributed by atoms with Gasteiger partial charge >= 0.3 is 0 Å². The fraction of sp³-hybridized carbons (Fsp3) is 0.269. The van der Waals surface area contributed by atoms with Gasteiger partial charge in [-0.25, -0.2) is 0 Å². The third-order valence-electron chi connectivity index (χ3n) is 5.27. The Hall–Kier alpha value is -3.47. The lowest BCUT2D eigenvalue weighted by atomic mass is 9.94. The summed E-state index contributed by atoms with van der Waals surface area (Å²) in [5, 5.41) is 2.97. The van der Waals surface area contributed by atoms with Crippen LogP contribution in [0.3, 0.4) is 0 Å². The fourth-order valence-corrected chi connectivity index (χ4v) is 3.81. The molecule has 2 N–H and O–H groups in total. The number of benzene rings is 1. The van der Waals surface area contributed by atoms with Crippen LogP contribution in [0.1, 0.15) is 58.6 Å². The summed E-state index contributed by atoms with van der Waals surface area (Å²) >= 11 is 0. The molecule has 1 aromatic carbocycles. The molecule has 31 heavy (non-hydrogen) atoms. The molecule has 5 nitrogen and oxygen atoms in total. The van der Waals surface area contributed by atoms with Gasteiger partial charge in [0, 0.05) is 41.3 Å². The first-order chi connectivity index (χ1) is 14.9.